The fourth-order valence-electron chi connectivity index (χ4n) is 2.35. The molecule has 0 amide bonds. The minimum absolute atomic E-state index is 0.0509. The lowest BCUT2D eigenvalue weighted by Crippen LogP contribution is -2.04. The fraction of sp³-hybridized carbons (Fsp3) is 0.176. The Morgan fingerprint density at radius 1 is 0.909 bits per heavy atom. The first-order chi connectivity index (χ1) is 10.3. The van der Waals surface area contributed by atoms with Gasteiger partial charge in [0.1, 0.15) is 0 Å². The molecule has 0 aromatic heterocycles. The molecule has 0 radical (unpaired) electrons. The van der Waals surface area contributed by atoms with Gasteiger partial charge in [0.15, 0.2) is 0 Å². The smallest absolute Gasteiger partial charge is 0.337 e. The zero-order valence-corrected chi connectivity index (χ0v) is 12.3. The topological polar surface area (TPSA) is 101 Å². The van der Waals surface area contributed by atoms with E-state index in [-0.39, 0.29) is 22.7 Å². The Bertz CT molecular complexity index is 750. The van der Waals surface area contributed by atoms with Crippen LogP contribution in [0, 0.1) is 0 Å². The lowest BCUT2D eigenvalue weighted by molar-refractivity contribution is 0.0685. The Hall–Kier alpha value is -2.82. The Morgan fingerprint density at radius 2 is 1.41 bits per heavy atom. The number of nitrogens with two attached hydrogens (primary N) is 1. The van der Waals surface area contributed by atoms with Gasteiger partial charge in [-0.2, -0.15) is 0 Å². The van der Waals surface area contributed by atoms with Crippen molar-refractivity contribution in [1.29, 1.82) is 0 Å². The van der Waals surface area contributed by atoms with Gasteiger partial charge in [-0.1, -0.05) is 32.0 Å². The molecule has 0 aliphatic heterocycles. The largest absolute Gasteiger partial charge is 0.478 e. The molecule has 0 unspecified atom stereocenters. The number of rotatable bonds is 4. The third kappa shape index (κ3) is 2.93. The van der Waals surface area contributed by atoms with E-state index in [2.05, 4.69) is 0 Å². The average Bonchev–Trinajstić information content (AvgIpc) is 2.45. The van der Waals surface area contributed by atoms with Crippen LogP contribution in [0.5, 0.6) is 0 Å². The molecule has 2 aromatic rings. The van der Waals surface area contributed by atoms with E-state index >= 15 is 0 Å². The second-order valence-electron chi connectivity index (χ2n) is 5.37. The summed E-state index contributed by atoms with van der Waals surface area (Å²) >= 11 is 0. The van der Waals surface area contributed by atoms with Gasteiger partial charge < -0.3 is 15.9 Å². The van der Waals surface area contributed by atoms with Crippen LogP contribution in [-0.2, 0) is 0 Å². The van der Waals surface area contributed by atoms with Crippen molar-refractivity contribution < 1.29 is 19.8 Å². The summed E-state index contributed by atoms with van der Waals surface area (Å²) in [6.45, 7) is 3.85. The monoisotopic (exact) mass is 299 g/mol. The number of carboxylic acid groups (broad SMARTS) is 2. The molecule has 4 N–H and O–H groups in total. The minimum Gasteiger partial charge on any atom is -0.478 e. The van der Waals surface area contributed by atoms with Crippen molar-refractivity contribution in [2.45, 2.75) is 19.8 Å². The summed E-state index contributed by atoms with van der Waals surface area (Å²) in [5.41, 5.74) is 8.54. The zero-order chi connectivity index (χ0) is 16.4. The van der Waals surface area contributed by atoms with Crippen LogP contribution in [0.15, 0.2) is 36.4 Å². The predicted molar refractivity (Wildman–Crippen MR) is 84.3 cm³/mol. The Balaban J connectivity index is 2.54. The van der Waals surface area contributed by atoms with Crippen molar-refractivity contribution in [2.24, 2.45) is 0 Å². The highest BCUT2D eigenvalue weighted by molar-refractivity contribution is 5.95. The highest BCUT2D eigenvalue weighted by atomic mass is 16.4. The van der Waals surface area contributed by atoms with Crippen molar-refractivity contribution in [2.75, 3.05) is 5.73 Å². The molecule has 114 valence electrons. The van der Waals surface area contributed by atoms with Gasteiger partial charge in [0.05, 0.1) is 11.1 Å². The summed E-state index contributed by atoms with van der Waals surface area (Å²) < 4.78 is 0. The molecule has 0 heterocycles. The molecular weight excluding hydrogens is 282 g/mol. The van der Waals surface area contributed by atoms with E-state index in [1.165, 1.54) is 6.07 Å². The highest BCUT2D eigenvalue weighted by Gasteiger charge is 2.15. The zero-order valence-electron chi connectivity index (χ0n) is 12.3. The number of nitrogen functional groups attached to an aromatic ring is 1. The van der Waals surface area contributed by atoms with Crippen LogP contribution in [-0.4, -0.2) is 22.2 Å². The molecule has 0 atom stereocenters. The quantitative estimate of drug-likeness (QED) is 0.751. The van der Waals surface area contributed by atoms with Crippen molar-refractivity contribution in [3.63, 3.8) is 0 Å². The molecule has 0 fully saturated rings. The predicted octanol–water partition coefficient (Wildman–Crippen LogP) is 3.46. The number of hydrogen-bond acceptors (Lipinski definition) is 3. The second-order valence-corrected chi connectivity index (χ2v) is 5.37. The van der Waals surface area contributed by atoms with Crippen LogP contribution in [0.25, 0.3) is 11.1 Å². The first kappa shape index (κ1) is 15.6. The standard InChI is InChI=1S/C17H17NO4/c1-9(2)14-7-10(3-5-12(14)16(19)20)11-4-6-13(17(21)22)15(18)8-11/h3-9H,18H2,1-2H3,(H,19,20)(H,21,22). The first-order valence-corrected chi connectivity index (χ1v) is 6.81. The molecule has 2 aromatic carbocycles. The van der Waals surface area contributed by atoms with Crippen LogP contribution < -0.4 is 5.73 Å². The summed E-state index contributed by atoms with van der Waals surface area (Å²) in [6.07, 6.45) is 0. The summed E-state index contributed by atoms with van der Waals surface area (Å²) in [5.74, 6) is -1.98. The van der Waals surface area contributed by atoms with Crippen LogP contribution in [0.1, 0.15) is 46.0 Å². The van der Waals surface area contributed by atoms with Gasteiger partial charge in [0.25, 0.3) is 0 Å². The fourth-order valence-corrected chi connectivity index (χ4v) is 2.35. The summed E-state index contributed by atoms with van der Waals surface area (Å²) in [7, 11) is 0. The summed E-state index contributed by atoms with van der Waals surface area (Å²) in [6, 6.07) is 9.78. The molecular formula is C17H17NO4. The third-order valence-corrected chi connectivity index (χ3v) is 3.52. The van der Waals surface area contributed by atoms with Gasteiger partial charge in [0, 0.05) is 5.69 Å². The van der Waals surface area contributed by atoms with Gasteiger partial charge in [-0.05, 0) is 40.8 Å². The van der Waals surface area contributed by atoms with E-state index in [4.69, 9.17) is 10.8 Å². The van der Waals surface area contributed by atoms with Crippen molar-refractivity contribution in [3.8, 4) is 11.1 Å². The molecule has 5 heteroatoms. The van der Waals surface area contributed by atoms with E-state index in [0.717, 1.165) is 16.7 Å². The number of aromatic carboxylic acids is 2. The van der Waals surface area contributed by atoms with E-state index in [9.17, 15) is 14.7 Å². The third-order valence-electron chi connectivity index (χ3n) is 3.52. The maximum atomic E-state index is 11.3. The van der Waals surface area contributed by atoms with Gasteiger partial charge >= 0.3 is 11.9 Å². The first-order valence-electron chi connectivity index (χ1n) is 6.81. The van der Waals surface area contributed by atoms with E-state index in [1.807, 2.05) is 19.9 Å². The number of benzene rings is 2. The molecule has 0 spiro atoms. The van der Waals surface area contributed by atoms with Crippen molar-refractivity contribution in [1.82, 2.24) is 0 Å². The summed E-state index contributed by atoms with van der Waals surface area (Å²) in [5, 5.41) is 18.2. The van der Waals surface area contributed by atoms with Crippen LogP contribution in [0.4, 0.5) is 5.69 Å². The molecule has 0 bridgehead atoms. The van der Waals surface area contributed by atoms with Gasteiger partial charge in [-0.25, -0.2) is 9.59 Å². The molecule has 22 heavy (non-hydrogen) atoms. The number of carboxylic acids is 2. The Labute approximate surface area is 128 Å². The van der Waals surface area contributed by atoms with Gasteiger partial charge in [-0.3, -0.25) is 0 Å². The number of hydrogen-bond donors (Lipinski definition) is 3. The van der Waals surface area contributed by atoms with Crippen molar-refractivity contribution >= 4 is 17.6 Å². The molecule has 0 saturated carbocycles. The van der Waals surface area contributed by atoms with E-state index in [1.54, 1.807) is 24.3 Å². The van der Waals surface area contributed by atoms with Crippen LogP contribution >= 0.6 is 0 Å². The number of anilines is 1. The number of carbonyl (C=O) groups is 2. The Kier molecular flexibility index (Phi) is 4.17. The maximum Gasteiger partial charge on any atom is 0.337 e. The van der Waals surface area contributed by atoms with Gasteiger partial charge in [0.2, 0.25) is 0 Å². The lowest BCUT2D eigenvalue weighted by Gasteiger charge is -2.13. The molecule has 0 aliphatic rings. The summed E-state index contributed by atoms with van der Waals surface area (Å²) in [4.78, 5) is 22.2. The maximum absolute atomic E-state index is 11.3. The van der Waals surface area contributed by atoms with E-state index < -0.39 is 11.9 Å². The van der Waals surface area contributed by atoms with E-state index in [0.29, 0.717) is 0 Å². The average molecular weight is 299 g/mol. The highest BCUT2D eigenvalue weighted by Crippen LogP contribution is 2.29. The lowest BCUT2D eigenvalue weighted by atomic mass is 9.92. The van der Waals surface area contributed by atoms with Crippen LogP contribution in [0.2, 0.25) is 0 Å². The van der Waals surface area contributed by atoms with Crippen molar-refractivity contribution in [3.05, 3.63) is 53.1 Å². The molecule has 2 rings (SSSR count). The molecule has 0 saturated heterocycles. The SMILES string of the molecule is CC(C)c1cc(-c2ccc(C(=O)O)c(N)c2)ccc1C(=O)O. The molecule has 5 nitrogen and oxygen atoms in total. The second kappa shape index (κ2) is 5.89. The van der Waals surface area contributed by atoms with Crippen LogP contribution in [0.3, 0.4) is 0 Å². The normalized spacial score (nSPS) is 10.7. The molecule has 0 aliphatic carbocycles. The minimum atomic E-state index is -1.08. The van der Waals surface area contributed by atoms with Gasteiger partial charge in [-0.15, -0.1) is 0 Å². The Morgan fingerprint density at radius 3 is 1.86 bits per heavy atom.